The Morgan fingerprint density at radius 3 is 2.49 bits per heavy atom. The minimum Gasteiger partial charge on any atom is -0.491 e. The van der Waals surface area contributed by atoms with Crippen molar-refractivity contribution < 1.29 is 29.0 Å². The molecule has 1 aliphatic heterocycles. The van der Waals surface area contributed by atoms with Gasteiger partial charge >= 0.3 is 0 Å². The van der Waals surface area contributed by atoms with E-state index in [1.165, 1.54) is 11.0 Å². The molecule has 3 aliphatic carbocycles. The van der Waals surface area contributed by atoms with Crippen molar-refractivity contribution in [2.24, 2.45) is 17.8 Å². The highest BCUT2D eigenvalue weighted by molar-refractivity contribution is 9.12. The normalized spacial score (nSPS) is 26.2. The van der Waals surface area contributed by atoms with E-state index >= 15 is 0 Å². The third-order valence-electron chi connectivity index (χ3n) is 7.99. The largest absolute Gasteiger partial charge is 0.491 e. The number of hydrogen-bond acceptors (Lipinski definition) is 6. The van der Waals surface area contributed by atoms with Crippen LogP contribution in [0.5, 0.6) is 5.75 Å². The first-order valence-electron chi connectivity index (χ1n) is 12.7. The van der Waals surface area contributed by atoms with E-state index in [0.717, 1.165) is 5.57 Å². The number of amides is 2. The number of nitrogens with zero attached hydrogens (tertiary/aromatic N) is 1. The smallest absolute Gasteiger partial charge is 0.238 e. The molecule has 39 heavy (non-hydrogen) atoms. The van der Waals surface area contributed by atoms with E-state index in [1.54, 1.807) is 36.4 Å². The first-order valence-corrected chi connectivity index (χ1v) is 13.8. The van der Waals surface area contributed by atoms with Gasteiger partial charge in [-0.05, 0) is 65.0 Å². The number of aliphatic hydroxyl groups is 1. The number of fused-ring (bicyclic) bond motifs is 3. The summed E-state index contributed by atoms with van der Waals surface area (Å²) in [4.78, 5) is 55.5. The first-order chi connectivity index (χ1) is 18.8. The Kier molecular flexibility index (Phi) is 6.65. The van der Waals surface area contributed by atoms with Crippen LogP contribution < -0.4 is 9.64 Å². The molecule has 0 saturated carbocycles. The maximum absolute atomic E-state index is 13.9. The number of carbonyl (C=O) groups is 4. The van der Waals surface area contributed by atoms with Gasteiger partial charge in [0.2, 0.25) is 11.8 Å². The van der Waals surface area contributed by atoms with Gasteiger partial charge < -0.3 is 9.84 Å². The van der Waals surface area contributed by atoms with E-state index in [2.05, 4.69) is 15.9 Å². The second kappa shape index (κ2) is 10.0. The molecule has 1 heterocycles. The van der Waals surface area contributed by atoms with E-state index in [-0.39, 0.29) is 47.5 Å². The molecule has 0 aromatic heterocycles. The van der Waals surface area contributed by atoms with Gasteiger partial charge in [-0.1, -0.05) is 41.4 Å². The molecule has 2 aromatic rings. The SMILES string of the molecule is O=C1C=C(Br)C(=O)C2=C1C(c1ccccc1OCCO)C1=CCC3C(=O)N(c4ccc(Cl)cc4)C(=O)C3C1C2. The predicted octanol–water partition coefficient (Wildman–Crippen LogP) is 4.68. The first kappa shape index (κ1) is 25.9. The van der Waals surface area contributed by atoms with Gasteiger partial charge in [0.05, 0.1) is 28.6 Å². The molecule has 2 amide bonds. The van der Waals surface area contributed by atoms with Gasteiger partial charge in [0, 0.05) is 33.7 Å². The number of Topliss-reactive ketones (excluding diaryl/α,β-unsaturated/α-hetero) is 1. The third kappa shape index (κ3) is 4.13. The van der Waals surface area contributed by atoms with Gasteiger partial charge in [0.25, 0.3) is 0 Å². The standard InChI is InChI=1S/C30H23BrClNO6/c31-22-14-23(35)27-21(28(22)36)13-20-17(25(27)18-3-1-2-4-24(18)39-12-11-34)9-10-19-26(20)30(38)33(29(19)37)16-7-5-15(32)6-8-16/h1-9,14,19-20,25-26,34H,10-13H2. The van der Waals surface area contributed by atoms with Crippen molar-refractivity contribution in [3.63, 3.8) is 0 Å². The van der Waals surface area contributed by atoms with Crippen molar-refractivity contribution in [2.75, 3.05) is 18.1 Å². The number of aliphatic hydroxyl groups excluding tert-OH is 1. The number of ether oxygens (including phenoxy) is 1. The summed E-state index contributed by atoms with van der Waals surface area (Å²) in [7, 11) is 0. The fourth-order valence-corrected chi connectivity index (χ4v) is 6.99. The molecular weight excluding hydrogens is 586 g/mol. The quantitative estimate of drug-likeness (QED) is 0.301. The maximum Gasteiger partial charge on any atom is 0.238 e. The van der Waals surface area contributed by atoms with Gasteiger partial charge in [0.1, 0.15) is 12.4 Å². The van der Waals surface area contributed by atoms with Gasteiger partial charge in [-0.15, -0.1) is 0 Å². The van der Waals surface area contributed by atoms with E-state index in [9.17, 15) is 24.3 Å². The molecule has 4 atom stereocenters. The molecule has 7 nitrogen and oxygen atoms in total. The molecule has 1 saturated heterocycles. The zero-order valence-corrected chi connectivity index (χ0v) is 22.9. The van der Waals surface area contributed by atoms with Crippen LogP contribution in [0.25, 0.3) is 0 Å². The molecule has 4 unspecified atom stereocenters. The van der Waals surface area contributed by atoms with Crippen LogP contribution in [-0.2, 0) is 19.2 Å². The number of ketones is 2. The molecule has 198 valence electrons. The Bertz CT molecular complexity index is 1520. The molecular formula is C30H23BrClNO6. The number of imide groups is 1. The number of carbonyl (C=O) groups excluding carboxylic acids is 4. The molecule has 1 N–H and O–H groups in total. The maximum atomic E-state index is 13.9. The summed E-state index contributed by atoms with van der Waals surface area (Å²) in [6.07, 6.45) is 3.78. The Balaban J connectivity index is 1.48. The van der Waals surface area contributed by atoms with Gasteiger partial charge in [-0.25, -0.2) is 0 Å². The van der Waals surface area contributed by atoms with Crippen LogP contribution in [0.3, 0.4) is 0 Å². The summed E-state index contributed by atoms with van der Waals surface area (Å²) in [6, 6.07) is 13.8. The predicted molar refractivity (Wildman–Crippen MR) is 148 cm³/mol. The summed E-state index contributed by atoms with van der Waals surface area (Å²) in [5.74, 6) is -3.03. The van der Waals surface area contributed by atoms with E-state index in [1.807, 2.05) is 18.2 Å². The second-order valence-electron chi connectivity index (χ2n) is 9.99. The molecule has 1 fully saturated rings. The molecule has 4 aliphatic rings. The lowest BCUT2D eigenvalue weighted by atomic mass is 9.59. The van der Waals surface area contributed by atoms with Crippen LogP contribution in [0.1, 0.15) is 24.3 Å². The van der Waals surface area contributed by atoms with Crippen LogP contribution in [-0.4, -0.2) is 41.7 Å². The fraction of sp³-hybridized carbons (Fsp3) is 0.267. The topological polar surface area (TPSA) is 101 Å². The summed E-state index contributed by atoms with van der Waals surface area (Å²) in [6.45, 7) is -0.129. The molecule has 0 bridgehead atoms. The molecule has 6 rings (SSSR count). The van der Waals surface area contributed by atoms with Crippen LogP contribution in [0, 0.1) is 17.8 Å². The number of para-hydroxylation sites is 1. The number of benzene rings is 2. The molecule has 9 heteroatoms. The van der Waals surface area contributed by atoms with Crippen LogP contribution >= 0.6 is 27.5 Å². The minimum atomic E-state index is -0.678. The summed E-state index contributed by atoms with van der Waals surface area (Å²) < 4.78 is 6.00. The highest BCUT2D eigenvalue weighted by Gasteiger charge is 2.56. The van der Waals surface area contributed by atoms with Crippen molar-refractivity contribution in [1.82, 2.24) is 0 Å². The van der Waals surface area contributed by atoms with Crippen molar-refractivity contribution in [3.8, 4) is 5.75 Å². The highest BCUT2D eigenvalue weighted by Crippen LogP contribution is 2.56. The van der Waals surface area contributed by atoms with Crippen molar-refractivity contribution in [1.29, 1.82) is 0 Å². The number of allylic oxidation sites excluding steroid dienone is 6. The lowest BCUT2D eigenvalue weighted by Gasteiger charge is -2.42. The molecule has 0 radical (unpaired) electrons. The average molecular weight is 609 g/mol. The Hall–Kier alpha value is -3.33. The molecule has 0 spiro atoms. The van der Waals surface area contributed by atoms with Crippen LogP contribution in [0.15, 0.2) is 81.9 Å². The minimum absolute atomic E-state index is 0.0597. The third-order valence-corrected chi connectivity index (χ3v) is 8.84. The van der Waals surface area contributed by atoms with Crippen molar-refractivity contribution in [3.05, 3.63) is 92.5 Å². The number of rotatable bonds is 5. The lowest BCUT2D eigenvalue weighted by Crippen LogP contribution is -2.39. The average Bonchev–Trinajstić information content (AvgIpc) is 3.19. The Morgan fingerprint density at radius 2 is 1.74 bits per heavy atom. The van der Waals surface area contributed by atoms with Crippen molar-refractivity contribution >= 4 is 56.6 Å². The monoisotopic (exact) mass is 607 g/mol. The second-order valence-corrected chi connectivity index (χ2v) is 11.3. The number of hydrogen-bond donors (Lipinski definition) is 1. The van der Waals surface area contributed by atoms with Crippen molar-refractivity contribution in [2.45, 2.75) is 18.8 Å². The summed E-state index contributed by atoms with van der Waals surface area (Å²) in [5, 5.41) is 9.86. The summed E-state index contributed by atoms with van der Waals surface area (Å²) >= 11 is 9.27. The van der Waals surface area contributed by atoms with Gasteiger partial charge in [-0.3, -0.25) is 24.1 Å². The number of halogens is 2. The van der Waals surface area contributed by atoms with E-state index in [4.69, 9.17) is 16.3 Å². The van der Waals surface area contributed by atoms with E-state index < -0.39 is 23.7 Å². The number of anilines is 1. The van der Waals surface area contributed by atoms with Gasteiger partial charge in [-0.2, -0.15) is 0 Å². The Labute approximate surface area is 237 Å². The van der Waals surface area contributed by atoms with Crippen LogP contribution in [0.4, 0.5) is 5.69 Å². The molecule has 2 aromatic carbocycles. The highest BCUT2D eigenvalue weighted by atomic mass is 79.9. The zero-order chi connectivity index (χ0) is 27.4. The fourth-order valence-electron chi connectivity index (χ4n) is 6.41. The Morgan fingerprint density at radius 1 is 1.00 bits per heavy atom. The summed E-state index contributed by atoms with van der Waals surface area (Å²) in [5.41, 5.74) is 2.68. The van der Waals surface area contributed by atoms with E-state index in [0.29, 0.717) is 39.6 Å². The van der Waals surface area contributed by atoms with Crippen LogP contribution in [0.2, 0.25) is 5.02 Å². The zero-order valence-electron chi connectivity index (χ0n) is 20.6. The lowest BCUT2D eigenvalue weighted by molar-refractivity contribution is -0.123. The van der Waals surface area contributed by atoms with Gasteiger partial charge in [0.15, 0.2) is 11.6 Å².